The van der Waals surface area contributed by atoms with Crippen molar-refractivity contribution in [3.05, 3.63) is 71.4 Å². The van der Waals surface area contributed by atoms with E-state index < -0.39 is 0 Å². The highest BCUT2D eigenvalue weighted by molar-refractivity contribution is 7.80. The number of thiocarbonyl (C=S) groups is 1. The molecule has 5 heteroatoms. The van der Waals surface area contributed by atoms with Crippen LogP contribution in [0.4, 0.5) is 0 Å². The van der Waals surface area contributed by atoms with Gasteiger partial charge in [0.15, 0.2) is 5.11 Å². The summed E-state index contributed by atoms with van der Waals surface area (Å²) in [6, 6.07) is 18.2. The van der Waals surface area contributed by atoms with E-state index in [1.165, 1.54) is 5.56 Å². The molecular weight excluding hydrogens is 330 g/mol. The van der Waals surface area contributed by atoms with Gasteiger partial charge in [-0.15, -0.1) is 0 Å². The van der Waals surface area contributed by atoms with Gasteiger partial charge < -0.3 is 15.5 Å². The number of carbonyl (C=O) groups is 1. The van der Waals surface area contributed by atoms with E-state index in [1.807, 2.05) is 37.3 Å². The lowest BCUT2D eigenvalue weighted by atomic mass is 9.93. The minimum atomic E-state index is -0.256. The molecule has 3 rings (SSSR count). The third-order valence-electron chi connectivity index (χ3n) is 4.26. The maximum absolute atomic E-state index is 12.6. The Morgan fingerprint density at radius 1 is 1.00 bits per heavy atom. The van der Waals surface area contributed by atoms with Crippen LogP contribution in [0.2, 0.25) is 0 Å². The Kier molecular flexibility index (Phi) is 4.86. The number of likely N-dealkylation sites (N-methyl/N-ethyl adjacent to an activating group) is 1. The molecule has 0 bridgehead atoms. The van der Waals surface area contributed by atoms with Gasteiger partial charge in [0.2, 0.25) is 0 Å². The van der Waals surface area contributed by atoms with E-state index in [2.05, 4.69) is 34.9 Å². The Morgan fingerprint density at radius 3 is 2.20 bits per heavy atom. The minimum Gasteiger partial charge on any atom is -0.351 e. The van der Waals surface area contributed by atoms with E-state index in [1.54, 1.807) is 19.0 Å². The number of carbonyl (C=O) groups excluding carboxylic acids is 1. The lowest BCUT2D eigenvalue weighted by Crippen LogP contribution is -2.46. The molecule has 1 aliphatic rings. The summed E-state index contributed by atoms with van der Waals surface area (Å²) in [5, 5.41) is 6.81. The van der Waals surface area contributed by atoms with Crippen molar-refractivity contribution in [2.45, 2.75) is 13.0 Å². The second-order valence-electron chi connectivity index (χ2n) is 6.26. The summed E-state index contributed by atoms with van der Waals surface area (Å²) in [5.41, 5.74) is 4.79. The number of nitrogens with zero attached hydrogens (tertiary/aromatic N) is 1. The summed E-state index contributed by atoms with van der Waals surface area (Å²) in [4.78, 5) is 14.2. The molecule has 0 aromatic heterocycles. The molecule has 0 aliphatic carbocycles. The van der Waals surface area contributed by atoms with E-state index in [0.29, 0.717) is 10.7 Å². The first-order valence-electron chi connectivity index (χ1n) is 8.12. The fourth-order valence-electron chi connectivity index (χ4n) is 2.97. The fourth-order valence-corrected chi connectivity index (χ4v) is 3.24. The van der Waals surface area contributed by atoms with Crippen LogP contribution in [0.1, 0.15) is 18.5 Å². The largest absolute Gasteiger partial charge is 0.351 e. The van der Waals surface area contributed by atoms with Crippen LogP contribution < -0.4 is 10.6 Å². The van der Waals surface area contributed by atoms with Gasteiger partial charge in [-0.1, -0.05) is 54.6 Å². The SMILES string of the molecule is CC1=C(C(=O)N(C)C)[C@@H](c2ccc(-c3ccccc3)cc2)NC(=S)N1. The first-order chi connectivity index (χ1) is 12.0. The summed E-state index contributed by atoms with van der Waals surface area (Å²) in [6.07, 6.45) is 0. The molecule has 2 aromatic rings. The molecule has 4 nitrogen and oxygen atoms in total. The van der Waals surface area contributed by atoms with Crippen LogP contribution in [0.25, 0.3) is 11.1 Å². The lowest BCUT2D eigenvalue weighted by Gasteiger charge is -2.31. The summed E-state index contributed by atoms with van der Waals surface area (Å²) < 4.78 is 0. The van der Waals surface area contributed by atoms with E-state index in [0.717, 1.165) is 16.8 Å². The van der Waals surface area contributed by atoms with Crippen molar-refractivity contribution in [3.63, 3.8) is 0 Å². The van der Waals surface area contributed by atoms with Crippen LogP contribution in [-0.2, 0) is 4.79 Å². The standard InChI is InChI=1S/C20H21N3OS/c1-13-17(19(24)23(2)3)18(22-20(25)21-13)16-11-9-15(10-12-16)14-7-5-4-6-8-14/h4-12,18H,1-3H3,(H2,21,22,25)/t18-/m1/s1. The minimum absolute atomic E-state index is 0.0304. The number of hydrogen-bond donors (Lipinski definition) is 2. The molecule has 1 atom stereocenters. The molecule has 0 fully saturated rings. The Morgan fingerprint density at radius 2 is 1.60 bits per heavy atom. The monoisotopic (exact) mass is 351 g/mol. The van der Waals surface area contributed by atoms with Crippen molar-refractivity contribution in [1.82, 2.24) is 15.5 Å². The van der Waals surface area contributed by atoms with Gasteiger partial charge in [-0.05, 0) is 35.8 Å². The highest BCUT2D eigenvalue weighted by atomic mass is 32.1. The molecule has 2 aromatic carbocycles. The van der Waals surface area contributed by atoms with Crippen LogP contribution in [-0.4, -0.2) is 30.0 Å². The van der Waals surface area contributed by atoms with Gasteiger partial charge in [0.25, 0.3) is 5.91 Å². The average molecular weight is 351 g/mol. The molecule has 2 N–H and O–H groups in total. The van der Waals surface area contributed by atoms with Crippen molar-refractivity contribution in [3.8, 4) is 11.1 Å². The number of hydrogen-bond acceptors (Lipinski definition) is 2. The maximum atomic E-state index is 12.6. The number of allylic oxidation sites excluding steroid dienone is 1. The normalized spacial score (nSPS) is 16.9. The highest BCUT2D eigenvalue weighted by Crippen LogP contribution is 2.29. The number of benzene rings is 2. The summed E-state index contributed by atoms with van der Waals surface area (Å²) in [5.74, 6) is -0.0304. The summed E-state index contributed by atoms with van der Waals surface area (Å²) in [6.45, 7) is 1.88. The van der Waals surface area contributed by atoms with Crippen LogP contribution in [0.5, 0.6) is 0 Å². The molecular formula is C20H21N3OS. The van der Waals surface area contributed by atoms with E-state index in [4.69, 9.17) is 12.2 Å². The Labute approximate surface area is 153 Å². The predicted molar refractivity (Wildman–Crippen MR) is 105 cm³/mol. The smallest absolute Gasteiger partial charge is 0.253 e. The zero-order valence-corrected chi connectivity index (χ0v) is 15.4. The van der Waals surface area contributed by atoms with Gasteiger partial charge >= 0.3 is 0 Å². The molecule has 1 aliphatic heterocycles. The topological polar surface area (TPSA) is 44.4 Å². The average Bonchev–Trinajstić information content (AvgIpc) is 2.61. The summed E-state index contributed by atoms with van der Waals surface area (Å²) >= 11 is 5.29. The molecule has 0 unspecified atom stereocenters. The number of rotatable bonds is 3. The van der Waals surface area contributed by atoms with Crippen LogP contribution in [0.15, 0.2) is 65.9 Å². The third-order valence-corrected chi connectivity index (χ3v) is 4.48. The molecule has 0 radical (unpaired) electrons. The fraction of sp³-hybridized carbons (Fsp3) is 0.200. The molecule has 0 saturated heterocycles. The zero-order chi connectivity index (χ0) is 18.0. The predicted octanol–water partition coefficient (Wildman–Crippen LogP) is 3.23. The van der Waals surface area contributed by atoms with E-state index >= 15 is 0 Å². The molecule has 128 valence electrons. The van der Waals surface area contributed by atoms with Gasteiger partial charge in [0.1, 0.15) is 0 Å². The molecule has 0 saturated carbocycles. The van der Waals surface area contributed by atoms with Gasteiger partial charge in [-0.3, -0.25) is 4.79 Å². The van der Waals surface area contributed by atoms with E-state index in [9.17, 15) is 4.79 Å². The quantitative estimate of drug-likeness (QED) is 0.834. The number of nitrogens with one attached hydrogen (secondary N) is 2. The van der Waals surface area contributed by atoms with Gasteiger partial charge in [-0.25, -0.2) is 0 Å². The van der Waals surface area contributed by atoms with Gasteiger partial charge in [0.05, 0.1) is 11.6 Å². The van der Waals surface area contributed by atoms with Crippen molar-refractivity contribution >= 4 is 23.2 Å². The Balaban J connectivity index is 1.97. The first kappa shape index (κ1) is 17.2. The van der Waals surface area contributed by atoms with Crippen molar-refractivity contribution in [2.24, 2.45) is 0 Å². The molecule has 1 heterocycles. The molecule has 25 heavy (non-hydrogen) atoms. The Bertz CT molecular complexity index is 826. The van der Waals surface area contributed by atoms with Crippen LogP contribution >= 0.6 is 12.2 Å². The maximum Gasteiger partial charge on any atom is 0.253 e. The number of amides is 1. The lowest BCUT2D eigenvalue weighted by molar-refractivity contribution is -0.125. The Hall–Kier alpha value is -2.66. The summed E-state index contributed by atoms with van der Waals surface area (Å²) in [7, 11) is 3.51. The van der Waals surface area contributed by atoms with E-state index in [-0.39, 0.29) is 11.9 Å². The second-order valence-corrected chi connectivity index (χ2v) is 6.67. The van der Waals surface area contributed by atoms with Gasteiger partial charge in [-0.2, -0.15) is 0 Å². The van der Waals surface area contributed by atoms with Crippen LogP contribution in [0, 0.1) is 0 Å². The van der Waals surface area contributed by atoms with Crippen LogP contribution in [0.3, 0.4) is 0 Å². The highest BCUT2D eigenvalue weighted by Gasteiger charge is 2.30. The molecule has 1 amide bonds. The van der Waals surface area contributed by atoms with Crippen molar-refractivity contribution < 1.29 is 4.79 Å². The third kappa shape index (κ3) is 3.56. The van der Waals surface area contributed by atoms with Gasteiger partial charge in [0, 0.05) is 19.8 Å². The van der Waals surface area contributed by atoms with Crippen molar-refractivity contribution in [1.29, 1.82) is 0 Å². The first-order valence-corrected chi connectivity index (χ1v) is 8.53. The second kappa shape index (κ2) is 7.07. The zero-order valence-electron chi connectivity index (χ0n) is 14.5. The molecule has 0 spiro atoms. The van der Waals surface area contributed by atoms with Crippen molar-refractivity contribution in [2.75, 3.05) is 14.1 Å².